The van der Waals surface area contributed by atoms with Crippen molar-refractivity contribution in [3.05, 3.63) is 48.0 Å². The van der Waals surface area contributed by atoms with Gasteiger partial charge in [-0.1, -0.05) is 17.4 Å². The summed E-state index contributed by atoms with van der Waals surface area (Å²) in [6.07, 6.45) is 0. The average Bonchev–Trinajstić information content (AvgIpc) is 3.20. The Labute approximate surface area is 174 Å². The van der Waals surface area contributed by atoms with E-state index in [0.29, 0.717) is 31.9 Å². The van der Waals surface area contributed by atoms with Gasteiger partial charge in [-0.15, -0.1) is 0 Å². The molecule has 1 fully saturated rings. The van der Waals surface area contributed by atoms with Gasteiger partial charge in [0, 0.05) is 31.7 Å². The lowest BCUT2D eigenvalue weighted by molar-refractivity contribution is 0.0746. The van der Waals surface area contributed by atoms with Crippen LogP contribution in [0.3, 0.4) is 0 Å². The lowest BCUT2D eigenvalue weighted by Gasteiger charge is -2.34. The molecular formula is C22H25N3O3S. The second kappa shape index (κ2) is 8.69. The van der Waals surface area contributed by atoms with Crippen molar-refractivity contribution in [3.8, 4) is 11.5 Å². The molecule has 7 heteroatoms. The number of hydrogen-bond donors (Lipinski definition) is 0. The van der Waals surface area contributed by atoms with E-state index in [1.165, 1.54) is 0 Å². The van der Waals surface area contributed by atoms with Crippen molar-refractivity contribution in [2.24, 2.45) is 0 Å². The molecule has 0 saturated carbocycles. The highest BCUT2D eigenvalue weighted by atomic mass is 32.1. The molecule has 152 valence electrons. The van der Waals surface area contributed by atoms with E-state index in [9.17, 15) is 4.79 Å². The van der Waals surface area contributed by atoms with Crippen molar-refractivity contribution >= 4 is 32.6 Å². The fraction of sp³-hybridized carbons (Fsp3) is 0.364. The van der Waals surface area contributed by atoms with Crippen LogP contribution < -0.4 is 14.4 Å². The number of carbonyl (C=O) groups is 1. The van der Waals surface area contributed by atoms with Gasteiger partial charge < -0.3 is 19.3 Å². The van der Waals surface area contributed by atoms with Crippen LogP contribution in [0.25, 0.3) is 10.2 Å². The number of hydrogen-bond acceptors (Lipinski definition) is 6. The van der Waals surface area contributed by atoms with E-state index >= 15 is 0 Å². The molecule has 0 atom stereocenters. The zero-order valence-electron chi connectivity index (χ0n) is 16.8. The van der Waals surface area contributed by atoms with Crippen molar-refractivity contribution in [1.82, 2.24) is 9.88 Å². The summed E-state index contributed by atoms with van der Waals surface area (Å²) in [5, 5.41) is 0.986. The molecule has 0 aliphatic carbocycles. The number of nitrogens with zero attached hydrogens (tertiary/aromatic N) is 3. The molecule has 2 aromatic carbocycles. The van der Waals surface area contributed by atoms with Crippen molar-refractivity contribution in [2.75, 3.05) is 44.3 Å². The first-order valence-corrected chi connectivity index (χ1v) is 10.8. The Morgan fingerprint density at radius 2 is 1.72 bits per heavy atom. The van der Waals surface area contributed by atoms with Gasteiger partial charge in [-0.05, 0) is 50.2 Å². The van der Waals surface area contributed by atoms with E-state index in [0.717, 1.165) is 39.9 Å². The first-order valence-electron chi connectivity index (χ1n) is 9.99. The molecule has 1 amide bonds. The SMILES string of the molecule is CCOc1ccc(C(=O)N2CCN(c3nc4c(OCC)cccc4s3)CC2)cc1. The fourth-order valence-corrected chi connectivity index (χ4v) is 4.50. The number of piperazine rings is 1. The Hall–Kier alpha value is -2.80. The number of anilines is 1. The number of para-hydroxylation sites is 1. The van der Waals surface area contributed by atoms with Gasteiger partial charge in [0.25, 0.3) is 5.91 Å². The van der Waals surface area contributed by atoms with E-state index in [1.807, 2.05) is 55.1 Å². The lowest BCUT2D eigenvalue weighted by atomic mass is 10.1. The van der Waals surface area contributed by atoms with Crippen LogP contribution in [0.4, 0.5) is 5.13 Å². The average molecular weight is 412 g/mol. The summed E-state index contributed by atoms with van der Waals surface area (Å²) in [4.78, 5) is 21.8. The monoisotopic (exact) mass is 411 g/mol. The predicted octanol–water partition coefficient (Wildman–Crippen LogP) is 4.06. The minimum atomic E-state index is 0.0654. The molecule has 0 bridgehead atoms. The van der Waals surface area contributed by atoms with Crippen LogP contribution in [-0.2, 0) is 0 Å². The number of amides is 1. The Balaban J connectivity index is 1.42. The van der Waals surface area contributed by atoms with Gasteiger partial charge in [0.05, 0.1) is 17.9 Å². The molecule has 0 unspecified atom stereocenters. The number of ether oxygens (including phenoxy) is 2. The molecule has 29 heavy (non-hydrogen) atoms. The Kier molecular flexibility index (Phi) is 5.85. The molecule has 0 spiro atoms. The molecule has 3 aromatic rings. The maximum Gasteiger partial charge on any atom is 0.253 e. The fourth-order valence-electron chi connectivity index (χ4n) is 3.46. The number of benzene rings is 2. The molecule has 0 radical (unpaired) electrons. The molecule has 2 heterocycles. The third-order valence-electron chi connectivity index (χ3n) is 4.92. The summed E-state index contributed by atoms with van der Waals surface area (Å²) in [5.41, 5.74) is 1.62. The van der Waals surface area contributed by atoms with Gasteiger partial charge in [-0.25, -0.2) is 4.98 Å². The number of fused-ring (bicyclic) bond motifs is 1. The van der Waals surface area contributed by atoms with Crippen LogP contribution >= 0.6 is 11.3 Å². The molecule has 1 aliphatic heterocycles. The molecular weight excluding hydrogens is 386 g/mol. The minimum absolute atomic E-state index is 0.0654. The van der Waals surface area contributed by atoms with Crippen LogP contribution in [0.2, 0.25) is 0 Å². The third kappa shape index (κ3) is 4.15. The van der Waals surface area contributed by atoms with Gasteiger partial charge in [0.15, 0.2) is 5.13 Å². The van der Waals surface area contributed by atoms with Gasteiger partial charge in [-0.2, -0.15) is 0 Å². The van der Waals surface area contributed by atoms with E-state index in [4.69, 9.17) is 14.5 Å². The van der Waals surface area contributed by atoms with Crippen molar-refractivity contribution in [3.63, 3.8) is 0 Å². The van der Waals surface area contributed by atoms with Crippen LogP contribution in [0.1, 0.15) is 24.2 Å². The van der Waals surface area contributed by atoms with E-state index in [2.05, 4.69) is 11.0 Å². The predicted molar refractivity (Wildman–Crippen MR) is 117 cm³/mol. The summed E-state index contributed by atoms with van der Waals surface area (Å²) < 4.78 is 12.3. The molecule has 1 aromatic heterocycles. The highest BCUT2D eigenvalue weighted by Gasteiger charge is 2.24. The smallest absolute Gasteiger partial charge is 0.253 e. The largest absolute Gasteiger partial charge is 0.494 e. The topological polar surface area (TPSA) is 54.9 Å². The quantitative estimate of drug-likeness (QED) is 0.612. The van der Waals surface area contributed by atoms with E-state index < -0.39 is 0 Å². The zero-order valence-corrected chi connectivity index (χ0v) is 17.6. The number of thiazole rings is 1. The molecule has 1 saturated heterocycles. The second-order valence-corrected chi connectivity index (χ2v) is 7.78. The normalized spacial score (nSPS) is 14.3. The van der Waals surface area contributed by atoms with Crippen molar-refractivity contribution < 1.29 is 14.3 Å². The van der Waals surface area contributed by atoms with Gasteiger partial charge in [0.1, 0.15) is 17.0 Å². The number of rotatable bonds is 6. The van der Waals surface area contributed by atoms with Crippen LogP contribution in [0, 0.1) is 0 Å². The van der Waals surface area contributed by atoms with Crippen LogP contribution in [-0.4, -0.2) is 55.2 Å². The zero-order chi connectivity index (χ0) is 20.2. The van der Waals surface area contributed by atoms with Gasteiger partial charge >= 0.3 is 0 Å². The minimum Gasteiger partial charge on any atom is -0.494 e. The summed E-state index contributed by atoms with van der Waals surface area (Å²) in [6.45, 7) is 8.07. The van der Waals surface area contributed by atoms with Gasteiger partial charge in [0.2, 0.25) is 0 Å². The molecule has 0 N–H and O–H groups in total. The highest BCUT2D eigenvalue weighted by Crippen LogP contribution is 2.34. The van der Waals surface area contributed by atoms with Crippen molar-refractivity contribution in [1.29, 1.82) is 0 Å². The summed E-state index contributed by atoms with van der Waals surface area (Å²) in [6, 6.07) is 13.4. The molecule has 4 rings (SSSR count). The maximum absolute atomic E-state index is 12.8. The molecule has 6 nitrogen and oxygen atoms in total. The van der Waals surface area contributed by atoms with E-state index in [-0.39, 0.29) is 5.91 Å². The maximum atomic E-state index is 12.8. The number of aromatic nitrogens is 1. The van der Waals surface area contributed by atoms with Crippen LogP contribution in [0.5, 0.6) is 11.5 Å². The highest BCUT2D eigenvalue weighted by molar-refractivity contribution is 7.22. The summed E-state index contributed by atoms with van der Waals surface area (Å²) in [7, 11) is 0. The summed E-state index contributed by atoms with van der Waals surface area (Å²) >= 11 is 1.67. The molecule has 1 aliphatic rings. The lowest BCUT2D eigenvalue weighted by Crippen LogP contribution is -2.48. The standard InChI is InChI=1S/C22H25N3O3S/c1-3-27-17-10-8-16(9-11-17)21(26)24-12-14-25(15-13-24)22-23-20-18(28-4-2)6-5-7-19(20)29-22/h5-11H,3-4,12-15H2,1-2H3. The first-order chi connectivity index (χ1) is 14.2. The Morgan fingerprint density at radius 3 is 2.41 bits per heavy atom. The van der Waals surface area contributed by atoms with Crippen LogP contribution in [0.15, 0.2) is 42.5 Å². The van der Waals surface area contributed by atoms with Crippen molar-refractivity contribution in [2.45, 2.75) is 13.8 Å². The van der Waals surface area contributed by atoms with E-state index in [1.54, 1.807) is 11.3 Å². The first kappa shape index (κ1) is 19.5. The Morgan fingerprint density at radius 1 is 1.00 bits per heavy atom. The second-order valence-electron chi connectivity index (χ2n) is 6.77. The number of carbonyl (C=O) groups excluding carboxylic acids is 1. The third-order valence-corrected chi connectivity index (χ3v) is 6.00. The summed E-state index contributed by atoms with van der Waals surface area (Å²) in [5.74, 6) is 1.68. The Bertz CT molecular complexity index is 979. The van der Waals surface area contributed by atoms with Gasteiger partial charge in [-0.3, -0.25) is 4.79 Å².